The predicted octanol–water partition coefficient (Wildman–Crippen LogP) is 2.59. The van der Waals surface area contributed by atoms with Gasteiger partial charge in [-0.05, 0) is 50.4 Å². The van der Waals surface area contributed by atoms with Crippen LogP contribution < -0.4 is 5.73 Å². The monoisotopic (exact) mass is 260 g/mol. The molecule has 3 nitrogen and oxygen atoms in total. The summed E-state index contributed by atoms with van der Waals surface area (Å²) in [4.78, 5) is 14.6. The number of carbonyl (C=O) groups is 1. The first-order chi connectivity index (χ1) is 9.26. The Hall–Kier alpha value is -1.35. The lowest BCUT2D eigenvalue weighted by Crippen LogP contribution is -2.38. The first-order valence-corrected chi connectivity index (χ1v) is 7.36. The van der Waals surface area contributed by atoms with Gasteiger partial charge in [-0.3, -0.25) is 4.79 Å². The summed E-state index contributed by atoms with van der Waals surface area (Å²) in [6.45, 7) is 3.52. The molecule has 1 aromatic carbocycles. The smallest absolute Gasteiger partial charge is 0.254 e. The minimum absolute atomic E-state index is 0.175. The molecule has 1 fully saturated rings. The van der Waals surface area contributed by atoms with Gasteiger partial charge in [-0.1, -0.05) is 25.0 Å². The predicted molar refractivity (Wildman–Crippen MR) is 78.2 cm³/mol. The average molecular weight is 260 g/mol. The minimum Gasteiger partial charge on any atom is -0.336 e. The molecule has 104 valence electrons. The molecule has 0 heterocycles. The lowest BCUT2D eigenvalue weighted by atomic mass is 10.1. The number of hydrogen-bond donors (Lipinski definition) is 1. The number of carbonyl (C=O) groups excluding carboxylic acids is 1. The number of nitrogens with two attached hydrogens (primary N) is 1. The Labute approximate surface area is 115 Å². The summed E-state index contributed by atoms with van der Waals surface area (Å²) < 4.78 is 0. The maximum Gasteiger partial charge on any atom is 0.254 e. The molecular formula is C16H24N2O. The van der Waals surface area contributed by atoms with Gasteiger partial charge in [-0.25, -0.2) is 0 Å². The van der Waals surface area contributed by atoms with E-state index >= 15 is 0 Å². The quantitative estimate of drug-likeness (QED) is 0.884. The van der Waals surface area contributed by atoms with Crippen LogP contribution in [0.25, 0.3) is 0 Å². The van der Waals surface area contributed by atoms with E-state index < -0.39 is 0 Å². The Morgan fingerprint density at radius 3 is 2.42 bits per heavy atom. The maximum atomic E-state index is 12.5. The lowest BCUT2D eigenvalue weighted by Gasteiger charge is -2.27. The van der Waals surface area contributed by atoms with Crippen LogP contribution in [0.1, 0.15) is 48.5 Å². The van der Waals surface area contributed by atoms with E-state index in [1.807, 2.05) is 29.2 Å². The van der Waals surface area contributed by atoms with Gasteiger partial charge in [0.05, 0.1) is 0 Å². The van der Waals surface area contributed by atoms with Crippen LogP contribution in [-0.2, 0) is 6.42 Å². The molecule has 0 bridgehead atoms. The summed E-state index contributed by atoms with van der Waals surface area (Å²) in [5.41, 5.74) is 7.53. The molecule has 0 spiro atoms. The van der Waals surface area contributed by atoms with E-state index in [4.69, 9.17) is 5.73 Å². The van der Waals surface area contributed by atoms with Crippen LogP contribution in [0.3, 0.4) is 0 Å². The van der Waals surface area contributed by atoms with Crippen molar-refractivity contribution in [2.24, 2.45) is 5.73 Å². The van der Waals surface area contributed by atoms with Crippen molar-refractivity contribution in [3.8, 4) is 0 Å². The molecule has 0 aliphatic heterocycles. The number of hydrogen-bond acceptors (Lipinski definition) is 2. The summed E-state index contributed by atoms with van der Waals surface area (Å²) in [6, 6.07) is 8.35. The van der Waals surface area contributed by atoms with E-state index in [1.165, 1.54) is 18.4 Å². The molecule has 1 aromatic rings. The fourth-order valence-corrected chi connectivity index (χ4v) is 2.93. The van der Waals surface area contributed by atoms with Crippen LogP contribution in [0, 0.1) is 0 Å². The van der Waals surface area contributed by atoms with Crippen LogP contribution in [0.4, 0.5) is 0 Å². The van der Waals surface area contributed by atoms with Crippen molar-refractivity contribution < 1.29 is 4.79 Å². The van der Waals surface area contributed by atoms with Crippen molar-refractivity contribution >= 4 is 5.91 Å². The number of benzene rings is 1. The van der Waals surface area contributed by atoms with Crippen LogP contribution in [-0.4, -0.2) is 29.9 Å². The summed E-state index contributed by atoms with van der Waals surface area (Å²) in [5, 5.41) is 0. The van der Waals surface area contributed by atoms with Crippen LogP contribution in [0.5, 0.6) is 0 Å². The van der Waals surface area contributed by atoms with Crippen molar-refractivity contribution in [1.82, 2.24) is 4.90 Å². The lowest BCUT2D eigenvalue weighted by molar-refractivity contribution is 0.0693. The Morgan fingerprint density at radius 1 is 1.26 bits per heavy atom. The van der Waals surface area contributed by atoms with Crippen molar-refractivity contribution in [3.63, 3.8) is 0 Å². The Balaban J connectivity index is 2.08. The fourth-order valence-electron chi connectivity index (χ4n) is 2.93. The van der Waals surface area contributed by atoms with E-state index in [1.54, 1.807) is 0 Å². The average Bonchev–Trinajstić information content (AvgIpc) is 2.95. The van der Waals surface area contributed by atoms with Crippen molar-refractivity contribution in [1.29, 1.82) is 0 Å². The molecule has 0 aromatic heterocycles. The molecule has 0 radical (unpaired) electrons. The summed E-state index contributed by atoms with van der Waals surface area (Å²) in [6.07, 6.45) is 5.69. The van der Waals surface area contributed by atoms with Gasteiger partial charge in [0, 0.05) is 18.2 Å². The Morgan fingerprint density at radius 2 is 1.89 bits per heavy atom. The number of amides is 1. The van der Waals surface area contributed by atoms with E-state index in [2.05, 4.69) is 6.92 Å². The third-order valence-corrected chi connectivity index (χ3v) is 4.00. The minimum atomic E-state index is 0.175. The molecule has 1 aliphatic rings. The van der Waals surface area contributed by atoms with Crippen LogP contribution in [0.2, 0.25) is 0 Å². The normalized spacial score (nSPS) is 15.7. The van der Waals surface area contributed by atoms with Crippen molar-refractivity contribution in [2.45, 2.75) is 45.1 Å². The van der Waals surface area contributed by atoms with Gasteiger partial charge >= 0.3 is 0 Å². The highest BCUT2D eigenvalue weighted by atomic mass is 16.2. The van der Waals surface area contributed by atoms with Crippen molar-refractivity contribution in [3.05, 3.63) is 35.4 Å². The molecule has 0 atom stereocenters. The summed E-state index contributed by atoms with van der Waals surface area (Å²) >= 11 is 0. The van der Waals surface area contributed by atoms with Crippen LogP contribution >= 0.6 is 0 Å². The third-order valence-electron chi connectivity index (χ3n) is 4.00. The van der Waals surface area contributed by atoms with E-state index in [0.717, 1.165) is 31.4 Å². The molecule has 19 heavy (non-hydrogen) atoms. The molecule has 3 heteroatoms. The van der Waals surface area contributed by atoms with Gasteiger partial charge in [0.1, 0.15) is 0 Å². The molecule has 1 saturated carbocycles. The van der Waals surface area contributed by atoms with E-state index in [-0.39, 0.29) is 5.91 Å². The SMILES string of the molecule is CCN(C(=O)c1ccc(CCN)cc1)C1CCCC1. The highest BCUT2D eigenvalue weighted by Crippen LogP contribution is 2.24. The van der Waals surface area contributed by atoms with Gasteiger partial charge in [-0.2, -0.15) is 0 Å². The molecule has 2 N–H and O–H groups in total. The van der Waals surface area contributed by atoms with Gasteiger partial charge < -0.3 is 10.6 Å². The zero-order valence-corrected chi connectivity index (χ0v) is 11.8. The largest absolute Gasteiger partial charge is 0.336 e. The molecule has 1 aliphatic carbocycles. The summed E-state index contributed by atoms with van der Waals surface area (Å²) in [5.74, 6) is 0.175. The zero-order chi connectivity index (χ0) is 13.7. The highest BCUT2D eigenvalue weighted by Gasteiger charge is 2.25. The molecule has 0 saturated heterocycles. The zero-order valence-electron chi connectivity index (χ0n) is 11.8. The van der Waals surface area contributed by atoms with Gasteiger partial charge in [-0.15, -0.1) is 0 Å². The number of nitrogens with zero attached hydrogens (tertiary/aromatic N) is 1. The van der Waals surface area contributed by atoms with Crippen LogP contribution in [0.15, 0.2) is 24.3 Å². The van der Waals surface area contributed by atoms with Gasteiger partial charge in [0.2, 0.25) is 0 Å². The second-order valence-electron chi connectivity index (χ2n) is 5.27. The van der Waals surface area contributed by atoms with E-state index in [9.17, 15) is 4.79 Å². The Kier molecular flexibility index (Phi) is 4.97. The fraction of sp³-hybridized carbons (Fsp3) is 0.562. The molecular weight excluding hydrogens is 236 g/mol. The highest BCUT2D eigenvalue weighted by molar-refractivity contribution is 5.94. The standard InChI is InChI=1S/C16H24N2O/c1-2-18(15-5-3-4-6-15)16(19)14-9-7-13(8-10-14)11-12-17/h7-10,15H,2-6,11-12,17H2,1H3. The second-order valence-corrected chi connectivity index (χ2v) is 5.27. The number of rotatable bonds is 5. The van der Waals surface area contributed by atoms with Gasteiger partial charge in [0.15, 0.2) is 0 Å². The Bertz CT molecular complexity index is 407. The second kappa shape index (κ2) is 6.71. The van der Waals surface area contributed by atoms with E-state index in [0.29, 0.717) is 12.6 Å². The topological polar surface area (TPSA) is 46.3 Å². The van der Waals surface area contributed by atoms with Crippen molar-refractivity contribution in [2.75, 3.05) is 13.1 Å². The maximum absolute atomic E-state index is 12.5. The third kappa shape index (κ3) is 3.35. The first-order valence-electron chi connectivity index (χ1n) is 7.36. The summed E-state index contributed by atoms with van der Waals surface area (Å²) in [7, 11) is 0. The van der Waals surface area contributed by atoms with Gasteiger partial charge in [0.25, 0.3) is 5.91 Å². The first kappa shape index (κ1) is 14.1. The molecule has 0 unspecified atom stereocenters. The molecule has 1 amide bonds. The molecule has 2 rings (SSSR count).